The van der Waals surface area contributed by atoms with Crippen LogP contribution in [0.3, 0.4) is 0 Å². The standard InChI is InChI=1S/C56H66O5/c1-7-11-37-57-47-33-29-45(30-34-47)55(5,9-3)53(41-43-21-19-27-51(39-43)59-49-23-15-13-16-24-49)61-54(42-44-22-20-28-52(40-44)60-50-25-17-14-18-26-50)56(6,10-4)46-31-35-48(36-32-46)58-38-12-8-2/h13-36,39-40,53-54H,7-12,37-38,41-42H2,1-6H3. The summed E-state index contributed by atoms with van der Waals surface area (Å²) in [6.45, 7) is 15.1. The van der Waals surface area contributed by atoms with Gasteiger partial charge in [-0.3, -0.25) is 0 Å². The summed E-state index contributed by atoms with van der Waals surface area (Å²) in [6, 6.07) is 54.4. The van der Waals surface area contributed by atoms with E-state index in [1.807, 2.05) is 72.8 Å². The predicted molar refractivity (Wildman–Crippen MR) is 251 cm³/mol. The fourth-order valence-electron chi connectivity index (χ4n) is 7.96. The van der Waals surface area contributed by atoms with Crippen LogP contribution in [0.4, 0.5) is 0 Å². The van der Waals surface area contributed by atoms with Gasteiger partial charge in [-0.15, -0.1) is 0 Å². The van der Waals surface area contributed by atoms with E-state index in [1.165, 1.54) is 11.1 Å². The molecule has 6 aromatic carbocycles. The minimum atomic E-state index is -0.361. The SMILES string of the molecule is CCCCOc1ccc(C(C)(CC)C(Cc2cccc(Oc3ccccc3)c2)OC(Cc2cccc(Oc3ccccc3)c2)C(C)(CC)c2ccc(OCCCC)cc2)cc1. The van der Waals surface area contributed by atoms with E-state index >= 15 is 0 Å². The summed E-state index contributed by atoms with van der Waals surface area (Å²) in [5.41, 5.74) is 4.04. The minimum Gasteiger partial charge on any atom is -0.494 e. The van der Waals surface area contributed by atoms with Gasteiger partial charge in [0.05, 0.1) is 25.4 Å². The number of hydrogen-bond acceptors (Lipinski definition) is 5. The van der Waals surface area contributed by atoms with Gasteiger partial charge in [-0.05, 0) is 134 Å². The maximum atomic E-state index is 7.87. The number of para-hydroxylation sites is 2. The maximum Gasteiger partial charge on any atom is 0.127 e. The molecule has 0 aromatic heterocycles. The van der Waals surface area contributed by atoms with Crippen LogP contribution in [-0.4, -0.2) is 25.4 Å². The first-order valence-electron chi connectivity index (χ1n) is 22.5. The summed E-state index contributed by atoms with van der Waals surface area (Å²) in [5, 5.41) is 0. The van der Waals surface area contributed by atoms with Crippen molar-refractivity contribution < 1.29 is 23.7 Å². The molecular weight excluding hydrogens is 753 g/mol. The van der Waals surface area contributed by atoms with E-state index in [0.717, 1.165) is 84.1 Å². The van der Waals surface area contributed by atoms with Gasteiger partial charge in [0, 0.05) is 10.8 Å². The lowest BCUT2D eigenvalue weighted by molar-refractivity contribution is -0.0840. The van der Waals surface area contributed by atoms with E-state index in [0.29, 0.717) is 26.1 Å². The molecule has 0 radical (unpaired) electrons. The van der Waals surface area contributed by atoms with Crippen molar-refractivity contribution in [2.24, 2.45) is 0 Å². The van der Waals surface area contributed by atoms with Crippen LogP contribution in [0.15, 0.2) is 158 Å². The van der Waals surface area contributed by atoms with Crippen molar-refractivity contribution >= 4 is 0 Å². The summed E-state index contributed by atoms with van der Waals surface area (Å²) in [7, 11) is 0. The summed E-state index contributed by atoms with van der Waals surface area (Å²) < 4.78 is 32.8. The van der Waals surface area contributed by atoms with Crippen molar-refractivity contribution in [3.05, 3.63) is 180 Å². The molecule has 0 saturated heterocycles. The third-order valence-electron chi connectivity index (χ3n) is 12.4. The zero-order valence-corrected chi connectivity index (χ0v) is 37.3. The van der Waals surface area contributed by atoms with Gasteiger partial charge in [0.25, 0.3) is 0 Å². The van der Waals surface area contributed by atoms with Crippen LogP contribution in [0.25, 0.3) is 0 Å². The zero-order valence-electron chi connectivity index (χ0n) is 37.3. The molecule has 0 saturated carbocycles. The zero-order chi connectivity index (χ0) is 42.9. The molecule has 0 amide bonds. The molecule has 0 N–H and O–H groups in total. The van der Waals surface area contributed by atoms with Crippen molar-refractivity contribution in [2.75, 3.05) is 13.2 Å². The number of rotatable bonds is 24. The van der Waals surface area contributed by atoms with E-state index in [9.17, 15) is 0 Å². The van der Waals surface area contributed by atoms with Crippen LogP contribution < -0.4 is 18.9 Å². The van der Waals surface area contributed by atoms with E-state index in [-0.39, 0.29) is 23.0 Å². The highest BCUT2D eigenvalue weighted by atomic mass is 16.5. The molecule has 6 aromatic rings. The molecule has 6 rings (SSSR count). The van der Waals surface area contributed by atoms with E-state index in [2.05, 4.69) is 126 Å². The Morgan fingerprint density at radius 2 is 0.787 bits per heavy atom. The third-order valence-corrected chi connectivity index (χ3v) is 12.4. The Balaban J connectivity index is 1.41. The molecule has 4 atom stereocenters. The van der Waals surface area contributed by atoms with Crippen molar-refractivity contribution in [1.29, 1.82) is 0 Å². The van der Waals surface area contributed by atoms with Crippen molar-refractivity contribution in [3.63, 3.8) is 0 Å². The van der Waals surface area contributed by atoms with Gasteiger partial charge in [-0.1, -0.05) is 139 Å². The molecular formula is C56H66O5. The second-order valence-electron chi connectivity index (χ2n) is 16.6. The Hall–Kier alpha value is -5.52. The molecule has 0 aliphatic rings. The van der Waals surface area contributed by atoms with E-state index in [4.69, 9.17) is 23.7 Å². The van der Waals surface area contributed by atoms with Crippen LogP contribution in [-0.2, 0) is 28.4 Å². The highest BCUT2D eigenvalue weighted by Crippen LogP contribution is 2.42. The van der Waals surface area contributed by atoms with Crippen molar-refractivity contribution in [1.82, 2.24) is 0 Å². The molecule has 61 heavy (non-hydrogen) atoms. The number of unbranched alkanes of at least 4 members (excludes halogenated alkanes) is 2. The number of ether oxygens (including phenoxy) is 5. The van der Waals surface area contributed by atoms with Gasteiger partial charge < -0.3 is 23.7 Å². The first-order valence-corrected chi connectivity index (χ1v) is 22.5. The van der Waals surface area contributed by atoms with Crippen LogP contribution in [0, 0.1) is 0 Å². The summed E-state index contributed by atoms with van der Waals surface area (Å²) in [4.78, 5) is 0. The lowest BCUT2D eigenvalue weighted by Gasteiger charge is -2.45. The van der Waals surface area contributed by atoms with Crippen LogP contribution in [0.5, 0.6) is 34.5 Å². The van der Waals surface area contributed by atoms with Crippen LogP contribution >= 0.6 is 0 Å². The molecule has 0 aliphatic heterocycles. The lowest BCUT2D eigenvalue weighted by atomic mass is 9.71. The van der Waals surface area contributed by atoms with Gasteiger partial charge in [0.2, 0.25) is 0 Å². The molecule has 5 nitrogen and oxygen atoms in total. The fraction of sp³-hybridized carbons (Fsp3) is 0.357. The summed E-state index contributed by atoms with van der Waals surface area (Å²) in [6.07, 6.45) is 6.94. The lowest BCUT2D eigenvalue weighted by Crippen LogP contribution is -2.48. The van der Waals surface area contributed by atoms with Crippen LogP contribution in [0.1, 0.15) is 102 Å². The second kappa shape index (κ2) is 22.4. The average Bonchev–Trinajstić information content (AvgIpc) is 3.29. The minimum absolute atomic E-state index is 0.215. The topological polar surface area (TPSA) is 46.2 Å². The molecule has 0 spiro atoms. The Labute approximate surface area is 366 Å². The van der Waals surface area contributed by atoms with Crippen molar-refractivity contribution in [3.8, 4) is 34.5 Å². The fourth-order valence-corrected chi connectivity index (χ4v) is 7.96. The van der Waals surface area contributed by atoms with E-state index < -0.39 is 0 Å². The van der Waals surface area contributed by atoms with Crippen molar-refractivity contribution in [2.45, 2.75) is 116 Å². The molecule has 0 heterocycles. The second-order valence-corrected chi connectivity index (χ2v) is 16.6. The Bertz CT molecular complexity index is 2010. The molecule has 0 fully saturated rings. The highest BCUT2D eigenvalue weighted by Gasteiger charge is 2.42. The molecule has 4 unspecified atom stereocenters. The quantitative estimate of drug-likeness (QED) is 0.0569. The number of hydrogen-bond donors (Lipinski definition) is 0. The molecule has 0 bridgehead atoms. The third kappa shape index (κ3) is 12.3. The number of benzene rings is 6. The summed E-state index contributed by atoms with van der Waals surface area (Å²) >= 11 is 0. The van der Waals surface area contributed by atoms with Gasteiger partial charge in [-0.25, -0.2) is 0 Å². The highest BCUT2D eigenvalue weighted by molar-refractivity contribution is 5.39. The molecule has 0 aliphatic carbocycles. The van der Waals surface area contributed by atoms with Gasteiger partial charge in [0.15, 0.2) is 0 Å². The Morgan fingerprint density at radius 1 is 0.410 bits per heavy atom. The largest absolute Gasteiger partial charge is 0.494 e. The van der Waals surface area contributed by atoms with E-state index in [1.54, 1.807) is 0 Å². The Morgan fingerprint density at radius 3 is 1.15 bits per heavy atom. The first-order chi connectivity index (χ1) is 29.8. The maximum absolute atomic E-state index is 7.87. The molecule has 5 heteroatoms. The Kier molecular flexibility index (Phi) is 16.5. The molecule has 320 valence electrons. The summed E-state index contributed by atoms with van der Waals surface area (Å²) in [5.74, 6) is 5.03. The first kappa shape index (κ1) is 45.0. The van der Waals surface area contributed by atoms with Gasteiger partial charge >= 0.3 is 0 Å². The monoisotopic (exact) mass is 818 g/mol. The average molecular weight is 819 g/mol. The van der Waals surface area contributed by atoms with Gasteiger partial charge in [-0.2, -0.15) is 0 Å². The normalized spacial score (nSPS) is 14.3. The van der Waals surface area contributed by atoms with Crippen LogP contribution in [0.2, 0.25) is 0 Å². The predicted octanol–water partition coefficient (Wildman–Crippen LogP) is 14.9. The van der Waals surface area contributed by atoms with Gasteiger partial charge in [0.1, 0.15) is 34.5 Å². The smallest absolute Gasteiger partial charge is 0.127 e.